The van der Waals surface area contributed by atoms with E-state index in [4.69, 9.17) is 5.11 Å². The Morgan fingerprint density at radius 3 is 2.72 bits per heavy atom. The SMILES string of the molecule is CC1(C(=O)Nc2ccn(CC(=O)O)n2)CC1(F)F. The fraction of sp³-hybridized carbons (Fsp3) is 0.500. The molecule has 1 aliphatic rings. The Balaban J connectivity index is 2.00. The van der Waals surface area contributed by atoms with Crippen molar-refractivity contribution in [1.29, 1.82) is 0 Å². The van der Waals surface area contributed by atoms with Gasteiger partial charge in [-0.1, -0.05) is 0 Å². The number of carboxylic acid groups (broad SMARTS) is 1. The third-order valence-corrected chi connectivity index (χ3v) is 2.94. The third-order valence-electron chi connectivity index (χ3n) is 2.94. The first-order valence-electron chi connectivity index (χ1n) is 5.19. The zero-order valence-corrected chi connectivity index (χ0v) is 9.48. The predicted molar refractivity (Wildman–Crippen MR) is 56.2 cm³/mol. The number of alkyl halides is 2. The predicted octanol–water partition coefficient (Wildman–Crippen LogP) is 0.951. The minimum Gasteiger partial charge on any atom is -0.480 e. The average molecular weight is 259 g/mol. The number of nitrogens with one attached hydrogen (secondary N) is 1. The van der Waals surface area contributed by atoms with E-state index in [1.165, 1.54) is 19.2 Å². The van der Waals surface area contributed by atoms with E-state index in [9.17, 15) is 18.4 Å². The molecule has 1 amide bonds. The molecular formula is C10H11F2N3O3. The first kappa shape index (κ1) is 12.5. The number of carboxylic acids is 1. The van der Waals surface area contributed by atoms with Gasteiger partial charge in [-0.3, -0.25) is 14.3 Å². The van der Waals surface area contributed by atoms with Gasteiger partial charge in [0.15, 0.2) is 5.82 Å². The normalized spacial score (nSPS) is 24.6. The molecule has 6 nitrogen and oxygen atoms in total. The maximum absolute atomic E-state index is 12.9. The molecule has 2 N–H and O–H groups in total. The van der Waals surface area contributed by atoms with E-state index in [-0.39, 0.29) is 12.4 Å². The summed E-state index contributed by atoms with van der Waals surface area (Å²) in [6.45, 7) is 0.819. The first-order valence-corrected chi connectivity index (χ1v) is 5.19. The van der Waals surface area contributed by atoms with Gasteiger partial charge in [-0.2, -0.15) is 5.10 Å². The van der Waals surface area contributed by atoms with Gasteiger partial charge in [0.2, 0.25) is 5.91 Å². The maximum atomic E-state index is 12.9. The van der Waals surface area contributed by atoms with Crippen molar-refractivity contribution in [1.82, 2.24) is 9.78 Å². The van der Waals surface area contributed by atoms with Crippen LogP contribution in [0.2, 0.25) is 0 Å². The van der Waals surface area contributed by atoms with Gasteiger partial charge in [-0.25, -0.2) is 8.78 Å². The van der Waals surface area contributed by atoms with Crippen molar-refractivity contribution in [2.75, 3.05) is 5.32 Å². The fourth-order valence-corrected chi connectivity index (χ4v) is 1.56. The lowest BCUT2D eigenvalue weighted by Gasteiger charge is -2.08. The first-order chi connectivity index (χ1) is 8.24. The van der Waals surface area contributed by atoms with Gasteiger partial charge >= 0.3 is 5.97 Å². The van der Waals surface area contributed by atoms with Gasteiger partial charge in [-0.15, -0.1) is 0 Å². The summed E-state index contributed by atoms with van der Waals surface area (Å²) in [6.07, 6.45) is 0.860. The van der Waals surface area contributed by atoms with E-state index < -0.39 is 29.6 Å². The zero-order chi connectivity index (χ0) is 13.6. The monoisotopic (exact) mass is 259 g/mol. The Morgan fingerprint density at radius 2 is 2.22 bits per heavy atom. The van der Waals surface area contributed by atoms with E-state index in [1.54, 1.807) is 0 Å². The molecule has 0 radical (unpaired) electrons. The van der Waals surface area contributed by atoms with Crippen LogP contribution in [0.25, 0.3) is 0 Å². The van der Waals surface area contributed by atoms with Gasteiger partial charge in [0.05, 0.1) is 0 Å². The van der Waals surface area contributed by atoms with Crippen molar-refractivity contribution in [3.8, 4) is 0 Å². The summed E-state index contributed by atoms with van der Waals surface area (Å²) >= 11 is 0. The molecule has 1 aliphatic carbocycles. The molecule has 1 unspecified atom stereocenters. The van der Waals surface area contributed by atoms with Crippen LogP contribution in [0.1, 0.15) is 13.3 Å². The van der Waals surface area contributed by atoms with Crippen molar-refractivity contribution in [2.45, 2.75) is 25.8 Å². The number of hydrogen-bond acceptors (Lipinski definition) is 3. The highest BCUT2D eigenvalue weighted by atomic mass is 19.3. The van der Waals surface area contributed by atoms with Crippen molar-refractivity contribution in [3.05, 3.63) is 12.3 Å². The molecular weight excluding hydrogens is 248 g/mol. The number of amides is 1. The molecule has 2 rings (SSSR count). The fourth-order valence-electron chi connectivity index (χ4n) is 1.56. The average Bonchev–Trinajstić information content (AvgIpc) is 2.57. The van der Waals surface area contributed by atoms with Gasteiger partial charge in [-0.05, 0) is 6.92 Å². The number of aliphatic carboxylic acids is 1. The van der Waals surface area contributed by atoms with Crippen LogP contribution in [0.15, 0.2) is 12.3 Å². The molecule has 98 valence electrons. The van der Waals surface area contributed by atoms with Gasteiger partial charge in [0.1, 0.15) is 12.0 Å². The third kappa shape index (κ3) is 2.05. The highest BCUT2D eigenvalue weighted by Gasteiger charge is 2.72. The van der Waals surface area contributed by atoms with E-state index >= 15 is 0 Å². The van der Waals surface area contributed by atoms with Crippen LogP contribution in [0, 0.1) is 5.41 Å². The summed E-state index contributed by atoms with van der Waals surface area (Å²) in [4.78, 5) is 22.0. The Hall–Kier alpha value is -1.99. The van der Waals surface area contributed by atoms with Crippen LogP contribution in [0.4, 0.5) is 14.6 Å². The number of aromatic nitrogens is 2. The topological polar surface area (TPSA) is 84.2 Å². The lowest BCUT2D eigenvalue weighted by molar-refractivity contribution is -0.137. The molecule has 0 spiro atoms. The summed E-state index contributed by atoms with van der Waals surface area (Å²) in [6, 6.07) is 1.35. The Kier molecular flexibility index (Phi) is 2.60. The summed E-state index contributed by atoms with van der Waals surface area (Å²) in [5, 5.41) is 14.5. The number of carbonyl (C=O) groups excluding carboxylic acids is 1. The lowest BCUT2D eigenvalue weighted by atomic mass is 10.1. The van der Waals surface area contributed by atoms with E-state index in [2.05, 4.69) is 10.4 Å². The van der Waals surface area contributed by atoms with Crippen LogP contribution in [0.3, 0.4) is 0 Å². The molecule has 0 saturated heterocycles. The molecule has 18 heavy (non-hydrogen) atoms. The van der Waals surface area contributed by atoms with Gasteiger partial charge < -0.3 is 10.4 Å². The number of carbonyl (C=O) groups is 2. The number of halogens is 2. The van der Waals surface area contributed by atoms with Crippen LogP contribution in [-0.2, 0) is 16.1 Å². The van der Waals surface area contributed by atoms with Crippen molar-refractivity contribution in [3.63, 3.8) is 0 Å². The number of rotatable bonds is 4. The van der Waals surface area contributed by atoms with E-state index in [1.807, 2.05) is 0 Å². The highest BCUT2D eigenvalue weighted by Crippen LogP contribution is 2.60. The van der Waals surface area contributed by atoms with Crippen molar-refractivity contribution < 1.29 is 23.5 Å². The number of anilines is 1. The van der Waals surface area contributed by atoms with Gasteiger partial charge in [0.25, 0.3) is 5.92 Å². The molecule has 1 fully saturated rings. The largest absolute Gasteiger partial charge is 0.480 e. The minimum atomic E-state index is -2.99. The molecule has 1 saturated carbocycles. The lowest BCUT2D eigenvalue weighted by Crippen LogP contribution is -2.27. The van der Waals surface area contributed by atoms with Crippen LogP contribution in [0.5, 0.6) is 0 Å². The zero-order valence-electron chi connectivity index (χ0n) is 9.48. The molecule has 0 aromatic carbocycles. The molecule has 0 aliphatic heterocycles. The smallest absolute Gasteiger partial charge is 0.325 e. The Bertz CT molecular complexity index is 514. The Labute approximate surface area is 101 Å². The summed E-state index contributed by atoms with van der Waals surface area (Å²) in [5.74, 6) is -4.82. The molecule has 1 aromatic heterocycles. The quantitative estimate of drug-likeness (QED) is 0.843. The van der Waals surface area contributed by atoms with Crippen LogP contribution >= 0.6 is 0 Å². The summed E-state index contributed by atoms with van der Waals surface area (Å²) < 4.78 is 27.0. The second-order valence-corrected chi connectivity index (χ2v) is 4.46. The van der Waals surface area contributed by atoms with Crippen LogP contribution in [-0.4, -0.2) is 32.7 Å². The molecule has 0 bridgehead atoms. The standard InChI is InChI=1S/C10H11F2N3O3/c1-9(5-10(9,11)12)8(18)13-6-2-3-15(14-6)4-7(16)17/h2-3H,4-5H2,1H3,(H,16,17)(H,13,14,18). The number of nitrogens with zero attached hydrogens (tertiary/aromatic N) is 2. The molecule has 1 heterocycles. The molecule has 8 heteroatoms. The second-order valence-electron chi connectivity index (χ2n) is 4.46. The van der Waals surface area contributed by atoms with Gasteiger partial charge in [0, 0.05) is 18.7 Å². The number of hydrogen-bond donors (Lipinski definition) is 2. The van der Waals surface area contributed by atoms with Crippen LogP contribution < -0.4 is 5.32 Å². The highest BCUT2D eigenvalue weighted by molar-refractivity contribution is 5.97. The second kappa shape index (κ2) is 3.76. The van der Waals surface area contributed by atoms with E-state index in [0.717, 1.165) is 4.68 Å². The Morgan fingerprint density at radius 1 is 1.61 bits per heavy atom. The minimum absolute atomic E-state index is 0.0603. The summed E-state index contributed by atoms with van der Waals surface area (Å²) in [7, 11) is 0. The maximum Gasteiger partial charge on any atom is 0.325 e. The molecule has 1 atom stereocenters. The summed E-state index contributed by atoms with van der Waals surface area (Å²) in [5.41, 5.74) is -1.69. The molecule has 1 aromatic rings. The van der Waals surface area contributed by atoms with E-state index in [0.29, 0.717) is 0 Å². The van der Waals surface area contributed by atoms with Crippen molar-refractivity contribution >= 4 is 17.7 Å². The van der Waals surface area contributed by atoms with Crippen molar-refractivity contribution in [2.24, 2.45) is 5.41 Å².